The predicted molar refractivity (Wildman–Crippen MR) is 37.3 cm³/mol. The fourth-order valence-corrected chi connectivity index (χ4v) is 0.693. The summed E-state index contributed by atoms with van der Waals surface area (Å²) in [5.41, 5.74) is -0.687. The molecule has 1 nitrogen and oxygen atoms in total. The van der Waals surface area contributed by atoms with Crippen LogP contribution in [-0.4, -0.2) is 11.2 Å². The summed E-state index contributed by atoms with van der Waals surface area (Å²) in [6, 6.07) is 0. The third-order valence-corrected chi connectivity index (χ3v) is 1.52. The summed E-state index contributed by atoms with van der Waals surface area (Å²) in [6.07, 6.45) is 3.09. The molecule has 0 N–H and O–H groups in total. The number of hydrogen-bond donors (Lipinski definition) is 0. The molecule has 0 rings (SSSR count). The van der Waals surface area contributed by atoms with E-state index in [1.165, 1.54) is 17.8 Å². The van der Waals surface area contributed by atoms with Gasteiger partial charge in [0.15, 0.2) is 5.44 Å². The second-order valence-electron chi connectivity index (χ2n) is 1.23. The molecule has 45 valence electrons. The Morgan fingerprint density at radius 2 is 2.25 bits per heavy atom. The predicted octanol–water partition coefficient (Wildman–Crippen LogP) is 1.85. The number of thioether (sulfide) groups is 1. The fraction of sp³-hybridized carbons (Fsp3) is 0.333. The summed E-state index contributed by atoms with van der Waals surface area (Å²) in [5.74, 6) is 0.709. The van der Waals surface area contributed by atoms with Gasteiger partial charge in [0.25, 0.3) is 0 Å². The van der Waals surface area contributed by atoms with E-state index in [4.69, 9.17) is 0 Å². The minimum absolute atomic E-state index is 0.687. The summed E-state index contributed by atoms with van der Waals surface area (Å²) >= 11 is 1.28. The maximum atomic E-state index is 10.5. The van der Waals surface area contributed by atoms with Crippen LogP contribution in [0.15, 0.2) is 25.3 Å². The molecule has 8 heavy (non-hydrogen) atoms. The minimum atomic E-state index is -0.687. The quantitative estimate of drug-likeness (QED) is 0.419. The normalized spacial score (nSPS) is 12.6. The van der Waals surface area contributed by atoms with Crippen LogP contribution in [0.4, 0.5) is 0 Å². The van der Waals surface area contributed by atoms with Crippen molar-refractivity contribution in [3.05, 3.63) is 25.3 Å². The van der Waals surface area contributed by atoms with Crippen molar-refractivity contribution in [3.8, 4) is 0 Å². The second kappa shape index (κ2) is 4.94. The van der Waals surface area contributed by atoms with Gasteiger partial charge >= 0.3 is 0 Å². The SMILES string of the molecule is C=CCS[C@H]([O])C=C. The van der Waals surface area contributed by atoms with E-state index in [9.17, 15) is 5.11 Å². The number of hydrogen-bond acceptors (Lipinski definition) is 1. The first-order valence-corrected chi connectivity index (χ1v) is 3.37. The molecule has 1 radical (unpaired) electrons. The molecule has 0 aromatic heterocycles. The monoisotopic (exact) mass is 129 g/mol. The lowest BCUT2D eigenvalue weighted by Crippen LogP contribution is -1.91. The van der Waals surface area contributed by atoms with Gasteiger partial charge in [-0.3, -0.25) is 0 Å². The van der Waals surface area contributed by atoms with Crippen LogP contribution in [0.25, 0.3) is 0 Å². The van der Waals surface area contributed by atoms with Crippen LogP contribution in [0.3, 0.4) is 0 Å². The summed E-state index contributed by atoms with van der Waals surface area (Å²) in [5, 5.41) is 10.5. The zero-order valence-electron chi connectivity index (χ0n) is 4.67. The van der Waals surface area contributed by atoms with Crippen molar-refractivity contribution < 1.29 is 5.11 Å². The molecule has 0 unspecified atom stereocenters. The van der Waals surface area contributed by atoms with Crippen LogP contribution in [0.2, 0.25) is 0 Å². The van der Waals surface area contributed by atoms with E-state index in [2.05, 4.69) is 13.2 Å². The van der Waals surface area contributed by atoms with Crippen molar-refractivity contribution in [2.45, 2.75) is 5.44 Å². The number of rotatable bonds is 4. The van der Waals surface area contributed by atoms with Crippen LogP contribution in [-0.2, 0) is 5.11 Å². The van der Waals surface area contributed by atoms with Gasteiger partial charge in [0.2, 0.25) is 0 Å². The molecule has 0 aliphatic carbocycles. The topological polar surface area (TPSA) is 19.9 Å². The van der Waals surface area contributed by atoms with Crippen molar-refractivity contribution in [1.82, 2.24) is 0 Å². The van der Waals surface area contributed by atoms with Crippen LogP contribution >= 0.6 is 11.8 Å². The van der Waals surface area contributed by atoms with Crippen molar-refractivity contribution in [3.63, 3.8) is 0 Å². The van der Waals surface area contributed by atoms with Gasteiger partial charge in [0.1, 0.15) is 0 Å². The Hall–Kier alpha value is -0.210. The highest BCUT2D eigenvalue weighted by atomic mass is 32.2. The van der Waals surface area contributed by atoms with Crippen molar-refractivity contribution >= 4 is 11.8 Å². The summed E-state index contributed by atoms with van der Waals surface area (Å²) < 4.78 is 0. The van der Waals surface area contributed by atoms with Crippen molar-refractivity contribution in [2.24, 2.45) is 0 Å². The van der Waals surface area contributed by atoms with Gasteiger partial charge in [-0.2, -0.15) is 0 Å². The standard InChI is InChI=1S/C6H9OS/c1-3-5-8-6(7)4-2/h3-4,6H,1-2,5H2/t6-/m0/s1. The van der Waals surface area contributed by atoms with E-state index in [1.807, 2.05) is 0 Å². The first kappa shape index (κ1) is 7.79. The summed E-state index contributed by atoms with van der Waals surface area (Å²) in [6.45, 7) is 6.82. The Morgan fingerprint density at radius 3 is 2.62 bits per heavy atom. The third kappa shape index (κ3) is 3.96. The van der Waals surface area contributed by atoms with E-state index in [1.54, 1.807) is 6.08 Å². The molecule has 0 saturated carbocycles. The zero-order valence-corrected chi connectivity index (χ0v) is 5.49. The van der Waals surface area contributed by atoms with Gasteiger partial charge < -0.3 is 0 Å². The van der Waals surface area contributed by atoms with Crippen LogP contribution in [0.1, 0.15) is 0 Å². The highest BCUT2D eigenvalue weighted by Crippen LogP contribution is 2.07. The molecule has 0 saturated heterocycles. The van der Waals surface area contributed by atoms with E-state index in [0.29, 0.717) is 5.75 Å². The van der Waals surface area contributed by atoms with Gasteiger partial charge in [-0.1, -0.05) is 12.7 Å². The van der Waals surface area contributed by atoms with Gasteiger partial charge in [0.05, 0.1) is 0 Å². The molecular weight excluding hydrogens is 120 g/mol. The molecule has 0 aliphatic heterocycles. The molecular formula is C6H9OS. The molecule has 0 heterocycles. The third-order valence-electron chi connectivity index (χ3n) is 0.571. The average Bonchev–Trinajstić information content (AvgIpc) is 1.83. The fourth-order valence-electron chi connectivity index (χ4n) is 0.231. The lowest BCUT2D eigenvalue weighted by Gasteiger charge is -1.95. The molecule has 2 heteroatoms. The summed E-state index contributed by atoms with van der Waals surface area (Å²) in [7, 11) is 0. The van der Waals surface area contributed by atoms with Gasteiger partial charge in [-0.25, -0.2) is 5.11 Å². The molecule has 0 aromatic carbocycles. The highest BCUT2D eigenvalue weighted by Gasteiger charge is 1.95. The Morgan fingerprint density at radius 1 is 1.62 bits per heavy atom. The molecule has 0 aromatic rings. The van der Waals surface area contributed by atoms with Crippen LogP contribution < -0.4 is 0 Å². The molecule has 0 fully saturated rings. The highest BCUT2D eigenvalue weighted by molar-refractivity contribution is 8.00. The van der Waals surface area contributed by atoms with E-state index < -0.39 is 5.44 Å². The van der Waals surface area contributed by atoms with E-state index >= 15 is 0 Å². The smallest absolute Gasteiger partial charge is 0.157 e. The Balaban J connectivity index is 3.09. The van der Waals surface area contributed by atoms with E-state index in [0.717, 1.165) is 0 Å². The van der Waals surface area contributed by atoms with Crippen molar-refractivity contribution in [1.29, 1.82) is 0 Å². The second-order valence-corrected chi connectivity index (χ2v) is 2.36. The van der Waals surface area contributed by atoms with Crippen LogP contribution in [0, 0.1) is 0 Å². The average molecular weight is 129 g/mol. The maximum Gasteiger partial charge on any atom is 0.157 e. The Kier molecular flexibility index (Phi) is 4.81. The van der Waals surface area contributed by atoms with E-state index in [-0.39, 0.29) is 0 Å². The zero-order chi connectivity index (χ0) is 6.41. The minimum Gasteiger partial charge on any atom is -0.217 e. The van der Waals surface area contributed by atoms with Gasteiger partial charge in [-0.05, 0) is 6.08 Å². The maximum absolute atomic E-state index is 10.5. The molecule has 0 bridgehead atoms. The van der Waals surface area contributed by atoms with Crippen LogP contribution in [0.5, 0.6) is 0 Å². The largest absolute Gasteiger partial charge is 0.217 e. The van der Waals surface area contributed by atoms with Gasteiger partial charge in [-0.15, -0.1) is 18.3 Å². The lowest BCUT2D eigenvalue weighted by atomic mass is 10.7. The molecule has 0 spiro atoms. The first-order chi connectivity index (χ1) is 3.81. The first-order valence-electron chi connectivity index (χ1n) is 2.32. The summed E-state index contributed by atoms with van der Waals surface area (Å²) in [4.78, 5) is 0. The Bertz CT molecular complexity index is 80.6. The Labute approximate surface area is 54.1 Å². The molecule has 0 amide bonds. The molecule has 0 aliphatic rings. The van der Waals surface area contributed by atoms with Crippen molar-refractivity contribution in [2.75, 3.05) is 5.75 Å². The van der Waals surface area contributed by atoms with Gasteiger partial charge in [0, 0.05) is 5.75 Å². The lowest BCUT2D eigenvalue weighted by molar-refractivity contribution is 0.203. The molecule has 1 atom stereocenters.